The van der Waals surface area contributed by atoms with Crippen LogP contribution < -0.4 is 5.32 Å². The molecular weight excluding hydrogens is 422 g/mol. The van der Waals surface area contributed by atoms with E-state index in [1.54, 1.807) is 17.8 Å². The van der Waals surface area contributed by atoms with E-state index in [-0.39, 0.29) is 17.6 Å². The largest absolute Gasteiger partial charge is 0.451 e. The zero-order chi connectivity index (χ0) is 22.3. The van der Waals surface area contributed by atoms with Crippen LogP contribution >= 0.6 is 11.8 Å². The lowest BCUT2D eigenvalue weighted by Crippen LogP contribution is -2.54. The summed E-state index contributed by atoms with van der Waals surface area (Å²) in [5.41, 5.74) is 1.95. The van der Waals surface area contributed by atoms with Crippen LogP contribution in [0.25, 0.3) is 11.0 Å². The Bertz CT molecular complexity index is 1010. The molecule has 168 valence electrons. The Balaban J connectivity index is 1.36. The molecule has 4 rings (SSSR count). The number of para-hydroxylation sites is 1. The van der Waals surface area contributed by atoms with Gasteiger partial charge in [0.25, 0.3) is 5.91 Å². The highest BCUT2D eigenvalue weighted by atomic mass is 32.2. The van der Waals surface area contributed by atoms with Crippen molar-refractivity contribution in [2.24, 2.45) is 0 Å². The van der Waals surface area contributed by atoms with E-state index in [1.807, 2.05) is 41.5 Å². The fourth-order valence-corrected chi connectivity index (χ4v) is 4.48. The van der Waals surface area contributed by atoms with Crippen molar-refractivity contribution < 1.29 is 14.0 Å². The average Bonchev–Trinajstić information content (AvgIpc) is 3.27. The van der Waals surface area contributed by atoms with Crippen molar-refractivity contribution in [2.75, 3.05) is 38.2 Å². The molecule has 7 heteroatoms. The van der Waals surface area contributed by atoms with Gasteiger partial charge in [-0.05, 0) is 36.1 Å². The molecule has 0 saturated carbocycles. The number of carbonyl (C=O) groups excluding carboxylic acids is 2. The Labute approximate surface area is 192 Å². The molecule has 1 atom stereocenters. The first-order valence-electron chi connectivity index (χ1n) is 11.0. The van der Waals surface area contributed by atoms with Crippen molar-refractivity contribution in [1.29, 1.82) is 0 Å². The number of thioether (sulfide) groups is 1. The summed E-state index contributed by atoms with van der Waals surface area (Å²) in [4.78, 5) is 30.3. The maximum atomic E-state index is 13.3. The molecule has 1 aliphatic heterocycles. The number of fused-ring (bicyclic) bond motifs is 1. The fourth-order valence-electron chi connectivity index (χ4n) is 4.00. The van der Waals surface area contributed by atoms with E-state index in [2.05, 4.69) is 34.5 Å². The number of rotatable bonds is 8. The van der Waals surface area contributed by atoms with Crippen molar-refractivity contribution in [2.45, 2.75) is 19.0 Å². The highest BCUT2D eigenvalue weighted by molar-refractivity contribution is 7.98. The van der Waals surface area contributed by atoms with Gasteiger partial charge in [-0.2, -0.15) is 11.8 Å². The van der Waals surface area contributed by atoms with Gasteiger partial charge >= 0.3 is 0 Å². The number of nitrogens with one attached hydrogen (secondary N) is 1. The molecule has 3 aromatic rings. The molecule has 1 aliphatic rings. The molecule has 1 aromatic heterocycles. The minimum absolute atomic E-state index is 0.0112. The third kappa shape index (κ3) is 5.53. The number of hydrogen-bond donors (Lipinski definition) is 1. The molecule has 0 bridgehead atoms. The van der Waals surface area contributed by atoms with E-state index in [1.165, 1.54) is 5.56 Å². The summed E-state index contributed by atoms with van der Waals surface area (Å²) in [7, 11) is 0. The van der Waals surface area contributed by atoms with Gasteiger partial charge in [0.15, 0.2) is 5.76 Å². The predicted octanol–water partition coefficient (Wildman–Crippen LogP) is 3.63. The van der Waals surface area contributed by atoms with Gasteiger partial charge in [0.2, 0.25) is 5.91 Å². The van der Waals surface area contributed by atoms with Crippen molar-refractivity contribution in [3.8, 4) is 0 Å². The number of benzene rings is 2. The molecule has 1 fully saturated rings. The van der Waals surface area contributed by atoms with Crippen molar-refractivity contribution in [3.63, 3.8) is 0 Å². The second kappa shape index (κ2) is 10.7. The monoisotopic (exact) mass is 451 g/mol. The third-order valence-corrected chi connectivity index (χ3v) is 6.44. The SMILES string of the molecule is CSCC[C@H](NC(=O)c1cc2ccccc2o1)C(=O)N1CCN(Cc2ccccc2)CC1. The molecule has 32 heavy (non-hydrogen) atoms. The smallest absolute Gasteiger partial charge is 0.287 e. The Morgan fingerprint density at radius 2 is 1.75 bits per heavy atom. The van der Waals surface area contributed by atoms with Gasteiger partial charge in [-0.3, -0.25) is 14.5 Å². The summed E-state index contributed by atoms with van der Waals surface area (Å²) in [5, 5.41) is 3.80. The van der Waals surface area contributed by atoms with E-state index in [0.29, 0.717) is 25.1 Å². The first-order valence-corrected chi connectivity index (χ1v) is 12.4. The molecule has 2 aromatic carbocycles. The second-order valence-corrected chi connectivity index (χ2v) is 9.03. The Kier molecular flexibility index (Phi) is 7.50. The molecule has 1 N–H and O–H groups in total. The summed E-state index contributed by atoms with van der Waals surface area (Å²) in [6, 6.07) is 19.1. The summed E-state index contributed by atoms with van der Waals surface area (Å²) in [6.45, 7) is 3.88. The van der Waals surface area contributed by atoms with Gasteiger partial charge in [-0.15, -0.1) is 0 Å². The number of amides is 2. The molecule has 0 aliphatic carbocycles. The third-order valence-electron chi connectivity index (χ3n) is 5.80. The molecule has 1 saturated heterocycles. The van der Waals surface area contributed by atoms with Crippen LogP contribution in [0.5, 0.6) is 0 Å². The molecule has 0 radical (unpaired) electrons. The van der Waals surface area contributed by atoms with Crippen LogP contribution in [-0.2, 0) is 11.3 Å². The summed E-state index contributed by atoms with van der Waals surface area (Å²) >= 11 is 1.67. The van der Waals surface area contributed by atoms with E-state index in [9.17, 15) is 9.59 Å². The Morgan fingerprint density at radius 1 is 1.03 bits per heavy atom. The van der Waals surface area contributed by atoms with Crippen LogP contribution in [0.1, 0.15) is 22.5 Å². The van der Waals surface area contributed by atoms with Crippen LogP contribution in [0, 0.1) is 0 Å². The zero-order valence-corrected chi connectivity index (χ0v) is 19.1. The van der Waals surface area contributed by atoms with Crippen LogP contribution in [0.3, 0.4) is 0 Å². The summed E-state index contributed by atoms with van der Waals surface area (Å²) in [6.07, 6.45) is 2.60. The normalized spacial score (nSPS) is 15.6. The first kappa shape index (κ1) is 22.4. The van der Waals surface area contributed by atoms with Gasteiger partial charge in [0, 0.05) is 38.1 Å². The standard InChI is InChI=1S/C25H29N3O3S/c1-32-16-11-21(26-24(29)23-17-20-9-5-6-10-22(20)31-23)25(30)28-14-12-27(13-15-28)18-19-7-3-2-4-8-19/h2-10,17,21H,11-16,18H2,1H3,(H,26,29)/t21-/m0/s1. The molecule has 2 heterocycles. The maximum absolute atomic E-state index is 13.3. The number of hydrogen-bond acceptors (Lipinski definition) is 5. The topological polar surface area (TPSA) is 65.8 Å². The zero-order valence-electron chi connectivity index (χ0n) is 18.3. The van der Waals surface area contributed by atoms with E-state index in [0.717, 1.165) is 30.8 Å². The van der Waals surface area contributed by atoms with Gasteiger partial charge in [0.1, 0.15) is 11.6 Å². The van der Waals surface area contributed by atoms with Gasteiger partial charge < -0.3 is 14.6 Å². The number of nitrogens with zero attached hydrogens (tertiary/aromatic N) is 2. The lowest BCUT2D eigenvalue weighted by Gasteiger charge is -2.36. The quantitative estimate of drug-likeness (QED) is 0.567. The summed E-state index contributed by atoms with van der Waals surface area (Å²) < 4.78 is 5.68. The minimum Gasteiger partial charge on any atom is -0.451 e. The number of piperazine rings is 1. The van der Waals surface area contributed by atoms with Crippen LogP contribution in [0.15, 0.2) is 65.1 Å². The molecule has 0 spiro atoms. The predicted molar refractivity (Wildman–Crippen MR) is 129 cm³/mol. The molecule has 0 unspecified atom stereocenters. The van der Waals surface area contributed by atoms with Crippen LogP contribution in [-0.4, -0.2) is 65.8 Å². The minimum atomic E-state index is -0.552. The first-order chi connectivity index (χ1) is 15.6. The van der Waals surface area contributed by atoms with E-state index in [4.69, 9.17) is 4.42 Å². The highest BCUT2D eigenvalue weighted by Gasteiger charge is 2.29. The van der Waals surface area contributed by atoms with Crippen LogP contribution in [0.4, 0.5) is 0 Å². The maximum Gasteiger partial charge on any atom is 0.287 e. The van der Waals surface area contributed by atoms with Gasteiger partial charge in [-0.25, -0.2) is 0 Å². The van der Waals surface area contributed by atoms with Crippen molar-refractivity contribution in [3.05, 3.63) is 72.0 Å². The average molecular weight is 452 g/mol. The molecular formula is C25H29N3O3S. The lowest BCUT2D eigenvalue weighted by molar-refractivity contribution is -0.135. The lowest BCUT2D eigenvalue weighted by atomic mass is 10.1. The van der Waals surface area contributed by atoms with Crippen LogP contribution in [0.2, 0.25) is 0 Å². The van der Waals surface area contributed by atoms with E-state index < -0.39 is 6.04 Å². The number of carbonyl (C=O) groups is 2. The van der Waals surface area contributed by atoms with E-state index >= 15 is 0 Å². The fraction of sp³-hybridized carbons (Fsp3) is 0.360. The van der Waals surface area contributed by atoms with Crippen molar-refractivity contribution in [1.82, 2.24) is 15.1 Å². The molecule has 6 nitrogen and oxygen atoms in total. The Hall–Kier alpha value is -2.77. The Morgan fingerprint density at radius 3 is 2.47 bits per heavy atom. The second-order valence-electron chi connectivity index (χ2n) is 8.04. The van der Waals surface area contributed by atoms with Gasteiger partial charge in [-0.1, -0.05) is 48.5 Å². The van der Waals surface area contributed by atoms with Gasteiger partial charge in [0.05, 0.1) is 0 Å². The number of furan rings is 1. The molecule has 2 amide bonds. The van der Waals surface area contributed by atoms with Crippen molar-refractivity contribution >= 4 is 34.5 Å². The highest BCUT2D eigenvalue weighted by Crippen LogP contribution is 2.19. The summed E-state index contributed by atoms with van der Waals surface area (Å²) in [5.74, 6) is 0.678.